The quantitative estimate of drug-likeness (QED) is 0.687. The van der Waals surface area contributed by atoms with Gasteiger partial charge in [0.15, 0.2) is 5.76 Å². The number of nitrogens with one attached hydrogen (secondary N) is 1. The first-order valence-corrected chi connectivity index (χ1v) is 8.91. The van der Waals surface area contributed by atoms with Crippen molar-refractivity contribution in [1.82, 2.24) is 4.90 Å². The predicted molar refractivity (Wildman–Crippen MR) is 101 cm³/mol. The molecule has 4 rings (SSSR count). The van der Waals surface area contributed by atoms with Crippen molar-refractivity contribution in [3.05, 3.63) is 88.3 Å². The number of carbonyl (C=O) groups excluding carboxylic acids is 2. The van der Waals surface area contributed by atoms with Crippen LogP contribution in [0.4, 0.5) is 5.69 Å². The molecule has 2 aromatic carbocycles. The summed E-state index contributed by atoms with van der Waals surface area (Å²) < 4.78 is 6.16. The molecule has 1 unspecified atom stereocenters. The van der Waals surface area contributed by atoms with E-state index >= 15 is 0 Å². The van der Waals surface area contributed by atoms with Gasteiger partial charge in [-0.3, -0.25) is 9.59 Å². The Bertz CT molecular complexity index is 954. The van der Waals surface area contributed by atoms with Gasteiger partial charge in [-0.1, -0.05) is 46.3 Å². The Morgan fingerprint density at radius 3 is 2.65 bits per heavy atom. The molecule has 0 saturated heterocycles. The van der Waals surface area contributed by atoms with Gasteiger partial charge in [-0.25, -0.2) is 0 Å². The number of carbonyl (C=O) groups is 2. The summed E-state index contributed by atoms with van der Waals surface area (Å²) in [6, 6.07) is 18.2. The third-order valence-corrected chi connectivity index (χ3v) is 4.81. The van der Waals surface area contributed by atoms with Gasteiger partial charge in [0.25, 0.3) is 5.91 Å². The Hall–Kier alpha value is -2.86. The van der Waals surface area contributed by atoms with E-state index in [-0.39, 0.29) is 24.1 Å². The molecule has 26 heavy (non-hydrogen) atoms. The van der Waals surface area contributed by atoms with Crippen LogP contribution in [-0.2, 0) is 4.79 Å². The van der Waals surface area contributed by atoms with Gasteiger partial charge in [0, 0.05) is 15.7 Å². The van der Waals surface area contributed by atoms with Gasteiger partial charge in [0.05, 0.1) is 12.3 Å². The summed E-state index contributed by atoms with van der Waals surface area (Å²) in [5.41, 5.74) is 2.46. The third kappa shape index (κ3) is 3.04. The number of nitrogens with zero attached hydrogens (tertiary/aromatic N) is 1. The molecule has 0 radical (unpaired) electrons. The van der Waals surface area contributed by atoms with Crippen molar-refractivity contribution >= 4 is 33.4 Å². The lowest BCUT2D eigenvalue weighted by Crippen LogP contribution is -2.38. The molecule has 1 aromatic heterocycles. The Morgan fingerprint density at radius 1 is 1.12 bits per heavy atom. The monoisotopic (exact) mass is 410 g/mol. The Labute approximate surface area is 158 Å². The first kappa shape index (κ1) is 16.6. The van der Waals surface area contributed by atoms with Crippen molar-refractivity contribution < 1.29 is 14.0 Å². The zero-order chi connectivity index (χ0) is 18.1. The van der Waals surface area contributed by atoms with Crippen LogP contribution in [0.2, 0.25) is 0 Å². The topological polar surface area (TPSA) is 62.6 Å². The van der Waals surface area contributed by atoms with E-state index in [1.807, 2.05) is 48.5 Å². The maximum Gasteiger partial charge on any atom is 0.290 e. The van der Waals surface area contributed by atoms with Gasteiger partial charge in [-0.2, -0.15) is 0 Å². The fourth-order valence-electron chi connectivity index (χ4n) is 3.20. The minimum absolute atomic E-state index is 0.0641. The summed E-state index contributed by atoms with van der Waals surface area (Å²) >= 11 is 3.49. The molecule has 1 aliphatic rings. The molecule has 1 N–H and O–H groups in total. The second-order valence-corrected chi connectivity index (χ2v) is 6.92. The van der Waals surface area contributed by atoms with Crippen LogP contribution < -0.4 is 5.32 Å². The second kappa shape index (κ2) is 6.80. The summed E-state index contributed by atoms with van der Waals surface area (Å²) in [5, 5.41) is 2.90. The second-order valence-electron chi connectivity index (χ2n) is 6.00. The predicted octanol–water partition coefficient (Wildman–Crippen LogP) is 4.23. The van der Waals surface area contributed by atoms with Crippen LogP contribution in [0.15, 0.2) is 75.8 Å². The molecule has 6 heteroatoms. The molecule has 0 aliphatic carbocycles. The maximum atomic E-state index is 13.1. The summed E-state index contributed by atoms with van der Waals surface area (Å²) in [6.45, 7) is -0.0641. The molecule has 0 saturated carbocycles. The summed E-state index contributed by atoms with van der Waals surface area (Å²) in [5.74, 6) is -0.365. The van der Waals surface area contributed by atoms with Gasteiger partial charge >= 0.3 is 0 Å². The summed E-state index contributed by atoms with van der Waals surface area (Å²) in [7, 11) is 0. The molecule has 0 fully saturated rings. The van der Waals surface area contributed by atoms with Gasteiger partial charge in [-0.05, 0) is 35.9 Å². The molecule has 3 aromatic rings. The zero-order valence-electron chi connectivity index (χ0n) is 13.7. The average Bonchev–Trinajstić information content (AvgIpc) is 3.13. The minimum atomic E-state index is -0.416. The molecule has 0 bridgehead atoms. The van der Waals surface area contributed by atoms with Crippen molar-refractivity contribution in [3.63, 3.8) is 0 Å². The number of furan rings is 1. The summed E-state index contributed by atoms with van der Waals surface area (Å²) in [6.07, 6.45) is 1.45. The highest BCUT2D eigenvalue weighted by atomic mass is 79.9. The molecule has 0 spiro atoms. The van der Waals surface area contributed by atoms with Crippen LogP contribution in [-0.4, -0.2) is 23.3 Å². The van der Waals surface area contributed by atoms with E-state index < -0.39 is 6.04 Å². The van der Waals surface area contributed by atoms with Gasteiger partial charge < -0.3 is 14.6 Å². The number of anilines is 1. The van der Waals surface area contributed by atoms with Crippen LogP contribution in [0.1, 0.15) is 27.7 Å². The fraction of sp³-hybridized carbons (Fsp3) is 0.100. The Kier molecular flexibility index (Phi) is 4.34. The summed E-state index contributed by atoms with van der Waals surface area (Å²) in [4.78, 5) is 27.1. The maximum absolute atomic E-state index is 13.1. The first-order chi connectivity index (χ1) is 12.6. The van der Waals surface area contributed by atoms with E-state index in [1.54, 1.807) is 17.0 Å². The molecule has 1 aliphatic heterocycles. The standard InChI is InChI=1S/C20H15BrN2O3/c21-14-8-9-16-15(11-14)19(13-5-2-1-3-6-13)23(12-18(24)22-16)20(25)17-7-4-10-26-17/h1-11,19H,12H2,(H,22,24). The van der Waals surface area contributed by atoms with E-state index in [9.17, 15) is 9.59 Å². The normalized spacial score (nSPS) is 16.6. The van der Waals surface area contributed by atoms with E-state index in [4.69, 9.17) is 4.42 Å². The highest BCUT2D eigenvalue weighted by Gasteiger charge is 2.34. The van der Waals surface area contributed by atoms with Gasteiger partial charge in [0.1, 0.15) is 6.54 Å². The lowest BCUT2D eigenvalue weighted by Gasteiger charge is -2.30. The third-order valence-electron chi connectivity index (χ3n) is 4.32. The van der Waals surface area contributed by atoms with E-state index in [1.165, 1.54) is 6.26 Å². The lowest BCUT2D eigenvalue weighted by molar-refractivity contribution is -0.117. The van der Waals surface area contributed by atoms with Gasteiger partial charge in [0.2, 0.25) is 5.91 Å². The van der Waals surface area contributed by atoms with Gasteiger partial charge in [-0.15, -0.1) is 0 Å². The van der Waals surface area contributed by atoms with E-state index in [0.717, 1.165) is 15.6 Å². The Balaban J connectivity index is 1.90. The SMILES string of the molecule is O=C1CN(C(=O)c2ccco2)C(c2ccccc2)c2cc(Br)ccc2N1. The van der Waals surface area contributed by atoms with Crippen molar-refractivity contribution in [2.24, 2.45) is 0 Å². The molecular weight excluding hydrogens is 396 g/mol. The number of rotatable bonds is 2. The van der Waals surface area contributed by atoms with Crippen molar-refractivity contribution in [2.75, 3.05) is 11.9 Å². The van der Waals surface area contributed by atoms with Crippen LogP contribution in [0, 0.1) is 0 Å². The van der Waals surface area contributed by atoms with Crippen LogP contribution in [0.3, 0.4) is 0 Å². The van der Waals surface area contributed by atoms with Crippen LogP contribution in [0.5, 0.6) is 0 Å². The molecule has 5 nitrogen and oxygen atoms in total. The first-order valence-electron chi connectivity index (χ1n) is 8.12. The molecule has 2 amide bonds. The number of hydrogen-bond donors (Lipinski definition) is 1. The van der Waals surface area contributed by atoms with Crippen molar-refractivity contribution in [2.45, 2.75) is 6.04 Å². The highest BCUT2D eigenvalue weighted by Crippen LogP contribution is 2.37. The number of fused-ring (bicyclic) bond motifs is 1. The average molecular weight is 411 g/mol. The zero-order valence-corrected chi connectivity index (χ0v) is 15.3. The lowest BCUT2D eigenvalue weighted by atomic mass is 9.95. The van der Waals surface area contributed by atoms with E-state index in [0.29, 0.717) is 5.69 Å². The molecule has 2 heterocycles. The fourth-order valence-corrected chi connectivity index (χ4v) is 3.58. The highest BCUT2D eigenvalue weighted by molar-refractivity contribution is 9.10. The largest absolute Gasteiger partial charge is 0.459 e. The number of amides is 2. The van der Waals surface area contributed by atoms with Crippen LogP contribution in [0.25, 0.3) is 0 Å². The minimum Gasteiger partial charge on any atom is -0.459 e. The number of hydrogen-bond acceptors (Lipinski definition) is 3. The van der Waals surface area contributed by atoms with Crippen LogP contribution >= 0.6 is 15.9 Å². The van der Waals surface area contributed by atoms with Crippen molar-refractivity contribution in [3.8, 4) is 0 Å². The smallest absolute Gasteiger partial charge is 0.290 e. The molecular formula is C20H15BrN2O3. The number of benzene rings is 2. The molecule has 1 atom stereocenters. The molecule has 130 valence electrons. The Morgan fingerprint density at radius 2 is 1.92 bits per heavy atom. The number of halogens is 1. The van der Waals surface area contributed by atoms with Crippen molar-refractivity contribution in [1.29, 1.82) is 0 Å². The van der Waals surface area contributed by atoms with E-state index in [2.05, 4.69) is 21.2 Å².